The number of carbonyl (C=O) groups is 2. The highest BCUT2D eigenvalue weighted by atomic mass is 35.5. The van der Waals surface area contributed by atoms with Crippen molar-refractivity contribution in [2.75, 3.05) is 11.9 Å². The lowest BCUT2D eigenvalue weighted by atomic mass is 10.1. The lowest BCUT2D eigenvalue weighted by Crippen LogP contribution is -2.25. The molecule has 9 heteroatoms. The number of aryl methyl sites for hydroxylation is 1. The number of amides is 2. The zero-order valence-corrected chi connectivity index (χ0v) is 21.2. The van der Waals surface area contributed by atoms with Crippen molar-refractivity contribution in [3.8, 4) is 5.75 Å². The molecule has 2 amide bonds. The Morgan fingerprint density at radius 3 is 2.65 bits per heavy atom. The molecule has 0 saturated heterocycles. The van der Waals surface area contributed by atoms with Crippen LogP contribution in [0.2, 0.25) is 10.0 Å². The van der Waals surface area contributed by atoms with E-state index in [2.05, 4.69) is 17.6 Å². The van der Waals surface area contributed by atoms with E-state index in [-0.39, 0.29) is 28.4 Å². The molecular formula is C25H26Cl2N2O4S. The average molecular weight is 521 g/mol. The van der Waals surface area contributed by atoms with Gasteiger partial charge in [0.15, 0.2) is 5.75 Å². The molecule has 34 heavy (non-hydrogen) atoms. The minimum absolute atomic E-state index is 0.238. The van der Waals surface area contributed by atoms with Crippen LogP contribution in [0.5, 0.6) is 5.75 Å². The summed E-state index contributed by atoms with van der Waals surface area (Å²) in [7, 11) is 0. The van der Waals surface area contributed by atoms with Gasteiger partial charge in [-0.05, 0) is 55.5 Å². The normalized spacial score (nSPS) is 12.4. The molecule has 1 aliphatic rings. The third-order valence-corrected chi connectivity index (χ3v) is 7.40. The number of furan rings is 1. The van der Waals surface area contributed by atoms with Gasteiger partial charge in [-0.3, -0.25) is 9.59 Å². The number of ether oxygens (including phenoxy) is 1. The number of rotatable bonds is 10. The summed E-state index contributed by atoms with van der Waals surface area (Å²) in [5, 5.41) is 6.87. The van der Waals surface area contributed by atoms with Crippen molar-refractivity contribution in [2.45, 2.75) is 52.0 Å². The van der Waals surface area contributed by atoms with E-state index in [1.165, 1.54) is 23.5 Å². The van der Waals surface area contributed by atoms with Gasteiger partial charge in [-0.15, -0.1) is 11.3 Å². The summed E-state index contributed by atoms with van der Waals surface area (Å²) in [5.41, 5.74) is 1.82. The zero-order valence-electron chi connectivity index (χ0n) is 18.8. The molecule has 0 saturated carbocycles. The highest BCUT2D eigenvalue weighted by Crippen LogP contribution is 2.40. The van der Waals surface area contributed by atoms with Crippen LogP contribution in [0.4, 0.5) is 5.00 Å². The third-order valence-electron chi connectivity index (χ3n) is 5.63. The number of thiophene rings is 1. The number of anilines is 1. The van der Waals surface area contributed by atoms with E-state index in [0.29, 0.717) is 34.2 Å². The number of hydrogen-bond acceptors (Lipinski definition) is 5. The second-order valence-corrected chi connectivity index (χ2v) is 10.0. The van der Waals surface area contributed by atoms with Crippen LogP contribution in [0, 0.1) is 0 Å². The molecule has 0 atom stereocenters. The molecular weight excluding hydrogens is 495 g/mol. The van der Waals surface area contributed by atoms with Crippen LogP contribution in [0.15, 0.2) is 34.9 Å². The molecule has 6 nitrogen and oxygen atoms in total. The topological polar surface area (TPSA) is 80.6 Å². The van der Waals surface area contributed by atoms with Crippen molar-refractivity contribution >= 4 is 51.4 Å². The van der Waals surface area contributed by atoms with Gasteiger partial charge >= 0.3 is 0 Å². The summed E-state index contributed by atoms with van der Waals surface area (Å²) in [4.78, 5) is 27.2. The van der Waals surface area contributed by atoms with E-state index in [9.17, 15) is 9.59 Å². The molecule has 4 rings (SSSR count). The van der Waals surface area contributed by atoms with Crippen LogP contribution in [0.25, 0.3) is 0 Å². The van der Waals surface area contributed by atoms with Crippen molar-refractivity contribution in [1.82, 2.24) is 5.32 Å². The number of halogens is 2. The predicted octanol–water partition coefficient (Wildman–Crippen LogP) is 6.89. The minimum Gasteiger partial charge on any atom is -0.490 e. The Bertz CT molecular complexity index is 1150. The molecule has 2 N–H and O–H groups in total. The van der Waals surface area contributed by atoms with Crippen LogP contribution in [-0.4, -0.2) is 18.4 Å². The van der Waals surface area contributed by atoms with E-state index in [1.807, 2.05) is 0 Å². The molecule has 180 valence electrons. The molecule has 0 unspecified atom stereocenters. The summed E-state index contributed by atoms with van der Waals surface area (Å²) in [6, 6.07) is 6.64. The van der Waals surface area contributed by atoms with Gasteiger partial charge in [-0.2, -0.15) is 0 Å². The van der Waals surface area contributed by atoms with Crippen molar-refractivity contribution in [3.05, 3.63) is 67.9 Å². The first-order chi connectivity index (χ1) is 16.5. The van der Waals surface area contributed by atoms with Gasteiger partial charge in [0.2, 0.25) is 0 Å². The largest absolute Gasteiger partial charge is 0.490 e. The van der Waals surface area contributed by atoms with Crippen LogP contribution < -0.4 is 15.4 Å². The fourth-order valence-electron chi connectivity index (χ4n) is 3.93. The van der Waals surface area contributed by atoms with Gasteiger partial charge in [0.05, 0.1) is 35.0 Å². The molecule has 0 bridgehead atoms. The van der Waals surface area contributed by atoms with Gasteiger partial charge in [0.25, 0.3) is 11.8 Å². The third kappa shape index (κ3) is 5.59. The van der Waals surface area contributed by atoms with E-state index in [1.54, 1.807) is 18.4 Å². The van der Waals surface area contributed by atoms with E-state index < -0.39 is 0 Å². The first kappa shape index (κ1) is 24.6. The van der Waals surface area contributed by atoms with Crippen molar-refractivity contribution in [3.63, 3.8) is 0 Å². The second kappa shape index (κ2) is 11.3. The van der Waals surface area contributed by atoms with Gasteiger partial charge in [0, 0.05) is 10.4 Å². The number of carbonyl (C=O) groups excluding carboxylic acids is 2. The maximum atomic E-state index is 13.1. The Morgan fingerprint density at radius 1 is 1.15 bits per heavy atom. The van der Waals surface area contributed by atoms with Gasteiger partial charge in [0.1, 0.15) is 10.8 Å². The SMILES string of the molecule is CCCCCOc1c(Cl)cc(C(=O)Nc2sc3c(c2C(=O)NCc2ccco2)CCC3)cc1Cl. The number of nitrogens with one attached hydrogen (secondary N) is 2. The van der Waals surface area contributed by atoms with Crippen LogP contribution in [0.1, 0.15) is 69.5 Å². The fraction of sp³-hybridized carbons (Fsp3) is 0.360. The van der Waals surface area contributed by atoms with E-state index in [4.69, 9.17) is 32.4 Å². The minimum atomic E-state index is -0.388. The van der Waals surface area contributed by atoms with Crippen molar-refractivity contribution in [1.29, 1.82) is 0 Å². The van der Waals surface area contributed by atoms with Crippen molar-refractivity contribution in [2.24, 2.45) is 0 Å². The highest BCUT2D eigenvalue weighted by molar-refractivity contribution is 7.17. The van der Waals surface area contributed by atoms with E-state index in [0.717, 1.165) is 49.0 Å². The van der Waals surface area contributed by atoms with Crippen LogP contribution >= 0.6 is 34.5 Å². The van der Waals surface area contributed by atoms with Crippen molar-refractivity contribution < 1.29 is 18.7 Å². The maximum Gasteiger partial charge on any atom is 0.256 e. The predicted molar refractivity (Wildman–Crippen MR) is 136 cm³/mol. The first-order valence-corrected chi connectivity index (χ1v) is 12.9. The Labute approximate surface area is 212 Å². The van der Waals surface area contributed by atoms with E-state index >= 15 is 0 Å². The first-order valence-electron chi connectivity index (χ1n) is 11.4. The molecule has 2 aromatic heterocycles. The molecule has 0 aliphatic heterocycles. The Balaban J connectivity index is 1.50. The van der Waals surface area contributed by atoms with Gasteiger partial charge in [-0.25, -0.2) is 0 Å². The average Bonchev–Trinajstić information content (AvgIpc) is 3.54. The Morgan fingerprint density at radius 2 is 1.94 bits per heavy atom. The number of hydrogen-bond donors (Lipinski definition) is 2. The molecule has 1 aromatic carbocycles. The zero-order chi connectivity index (χ0) is 24.1. The number of unbranched alkanes of at least 4 members (excludes halogenated alkanes) is 2. The van der Waals surface area contributed by atoms with Crippen LogP contribution in [-0.2, 0) is 19.4 Å². The number of fused-ring (bicyclic) bond motifs is 1. The standard InChI is InChI=1S/C25H26Cl2N2O4S/c1-2-3-4-10-33-22-18(26)12-15(13-19(22)27)23(30)29-25-21(17-8-5-9-20(17)34-25)24(31)28-14-16-7-6-11-32-16/h6-7,11-13H,2-5,8-10,14H2,1H3,(H,28,31)(H,29,30). The Hall–Kier alpha value is -2.48. The van der Waals surface area contributed by atoms with Gasteiger partial charge in [-0.1, -0.05) is 43.0 Å². The summed E-state index contributed by atoms with van der Waals surface area (Å²) in [6.45, 7) is 2.90. The molecule has 1 aliphatic carbocycles. The lowest BCUT2D eigenvalue weighted by Gasteiger charge is -2.12. The molecule has 2 heterocycles. The Kier molecular flexibility index (Phi) is 8.19. The fourth-order valence-corrected chi connectivity index (χ4v) is 5.81. The molecule has 0 fully saturated rings. The number of benzene rings is 1. The maximum absolute atomic E-state index is 13.1. The molecule has 3 aromatic rings. The monoisotopic (exact) mass is 520 g/mol. The second-order valence-electron chi connectivity index (χ2n) is 8.10. The summed E-state index contributed by atoms with van der Waals surface area (Å²) in [5.74, 6) is 0.413. The molecule has 0 radical (unpaired) electrons. The smallest absolute Gasteiger partial charge is 0.256 e. The summed E-state index contributed by atoms with van der Waals surface area (Å²) < 4.78 is 11.0. The highest BCUT2D eigenvalue weighted by Gasteiger charge is 2.28. The summed E-state index contributed by atoms with van der Waals surface area (Å²) >= 11 is 14.2. The quantitative estimate of drug-likeness (QED) is 0.285. The summed E-state index contributed by atoms with van der Waals surface area (Å²) in [6.07, 6.45) is 7.31. The lowest BCUT2D eigenvalue weighted by molar-refractivity contribution is 0.0948. The van der Waals surface area contributed by atoms with Gasteiger partial charge < -0.3 is 19.8 Å². The van der Waals surface area contributed by atoms with Crippen LogP contribution in [0.3, 0.4) is 0 Å². The molecule has 0 spiro atoms.